The van der Waals surface area contributed by atoms with E-state index in [9.17, 15) is 17.6 Å². The largest absolute Gasteiger partial charge is 0.322 e. The van der Waals surface area contributed by atoms with Crippen LogP contribution in [0.2, 0.25) is 10.0 Å². The number of hydrogen-bond acceptors (Lipinski definition) is 3. The van der Waals surface area contributed by atoms with Crippen LogP contribution in [0.3, 0.4) is 0 Å². The second-order valence-electron chi connectivity index (χ2n) is 5.84. The molecule has 138 valence electrons. The minimum Gasteiger partial charge on any atom is -0.322 e. The molecular weight excluding hydrogens is 402 g/mol. The molecule has 0 unspecified atom stereocenters. The lowest BCUT2D eigenvalue weighted by Gasteiger charge is -2.17. The number of amides is 1. The lowest BCUT2D eigenvalue weighted by Crippen LogP contribution is -2.28. The lowest BCUT2D eigenvalue weighted by atomic mass is 10.2. The van der Waals surface area contributed by atoms with Gasteiger partial charge in [0.1, 0.15) is 10.7 Å². The Balaban J connectivity index is 1.89. The average Bonchev–Trinajstić information content (AvgIpc) is 3.14. The molecule has 1 heterocycles. The number of rotatable bonds is 4. The van der Waals surface area contributed by atoms with Gasteiger partial charge in [0.25, 0.3) is 5.91 Å². The van der Waals surface area contributed by atoms with E-state index in [1.54, 1.807) is 0 Å². The van der Waals surface area contributed by atoms with E-state index >= 15 is 0 Å². The van der Waals surface area contributed by atoms with Crippen molar-refractivity contribution >= 4 is 44.8 Å². The molecule has 1 saturated heterocycles. The maximum Gasteiger partial charge on any atom is 0.255 e. The first-order chi connectivity index (χ1) is 12.3. The van der Waals surface area contributed by atoms with E-state index in [0.29, 0.717) is 13.1 Å². The molecule has 2 aromatic carbocycles. The number of halogens is 3. The smallest absolute Gasteiger partial charge is 0.255 e. The van der Waals surface area contributed by atoms with Crippen LogP contribution in [0.15, 0.2) is 41.3 Å². The number of hydrogen-bond donors (Lipinski definition) is 1. The molecule has 1 N–H and O–H groups in total. The number of nitrogens with one attached hydrogen (secondary N) is 1. The van der Waals surface area contributed by atoms with Gasteiger partial charge in [0.05, 0.1) is 10.0 Å². The Bertz CT molecular complexity index is 960. The van der Waals surface area contributed by atoms with Crippen molar-refractivity contribution in [3.63, 3.8) is 0 Å². The predicted octanol–water partition coefficient (Wildman–Crippen LogP) is 4.17. The van der Waals surface area contributed by atoms with Crippen molar-refractivity contribution in [2.75, 3.05) is 18.4 Å². The second-order valence-corrected chi connectivity index (χ2v) is 8.56. The molecule has 0 aromatic heterocycles. The molecular formula is C17H15Cl2FN2O3S. The fraction of sp³-hybridized carbons (Fsp3) is 0.235. The minimum absolute atomic E-state index is 0.0472. The van der Waals surface area contributed by atoms with Crippen molar-refractivity contribution in [3.05, 3.63) is 57.8 Å². The van der Waals surface area contributed by atoms with Crippen LogP contribution < -0.4 is 5.32 Å². The molecule has 1 amide bonds. The Hall–Kier alpha value is -1.67. The first kappa shape index (κ1) is 19.1. The molecule has 0 aliphatic carbocycles. The molecule has 3 rings (SSSR count). The van der Waals surface area contributed by atoms with Crippen molar-refractivity contribution < 1.29 is 17.6 Å². The number of nitrogens with zero attached hydrogens (tertiary/aromatic N) is 1. The summed E-state index contributed by atoms with van der Waals surface area (Å²) in [4.78, 5) is 12.3. The fourth-order valence-electron chi connectivity index (χ4n) is 2.69. The SMILES string of the molecule is O=C(Nc1ccc(Cl)c(F)c1)c1ccc(Cl)c(S(=O)(=O)N2CCCC2)c1. The van der Waals surface area contributed by atoms with Gasteiger partial charge in [0, 0.05) is 24.3 Å². The highest BCUT2D eigenvalue weighted by atomic mass is 35.5. The van der Waals surface area contributed by atoms with E-state index in [2.05, 4.69) is 5.32 Å². The number of carbonyl (C=O) groups is 1. The average molecular weight is 417 g/mol. The second kappa shape index (κ2) is 7.52. The third-order valence-corrected chi connectivity index (χ3v) is 6.74. The van der Waals surface area contributed by atoms with Crippen LogP contribution in [0, 0.1) is 5.82 Å². The molecule has 0 bridgehead atoms. The van der Waals surface area contributed by atoms with Crippen LogP contribution in [0.4, 0.5) is 10.1 Å². The van der Waals surface area contributed by atoms with Crippen molar-refractivity contribution in [3.8, 4) is 0 Å². The third kappa shape index (κ3) is 3.86. The van der Waals surface area contributed by atoms with Gasteiger partial charge in [-0.05, 0) is 49.2 Å². The Morgan fingerprint density at radius 3 is 2.35 bits per heavy atom. The van der Waals surface area contributed by atoms with Crippen molar-refractivity contribution in [2.24, 2.45) is 0 Å². The zero-order valence-corrected chi connectivity index (χ0v) is 15.8. The Morgan fingerprint density at radius 2 is 1.69 bits per heavy atom. The predicted molar refractivity (Wildman–Crippen MR) is 98.8 cm³/mol. The molecule has 1 fully saturated rings. The standard InChI is InChI=1S/C17H15Cl2FN2O3S/c18-13-6-4-12(10-15(13)20)21-17(23)11-3-5-14(19)16(9-11)26(24,25)22-7-1-2-8-22/h3-6,9-10H,1-2,7-8H2,(H,21,23). The number of anilines is 1. The Kier molecular flexibility index (Phi) is 5.53. The maximum absolute atomic E-state index is 13.5. The van der Waals surface area contributed by atoms with E-state index in [-0.39, 0.29) is 26.2 Å². The van der Waals surface area contributed by atoms with E-state index in [1.165, 1.54) is 34.6 Å². The summed E-state index contributed by atoms with van der Waals surface area (Å²) < 4.78 is 40.3. The van der Waals surface area contributed by atoms with Crippen LogP contribution in [0.1, 0.15) is 23.2 Å². The first-order valence-electron chi connectivity index (χ1n) is 7.85. The number of benzene rings is 2. The molecule has 0 spiro atoms. The van der Waals surface area contributed by atoms with Crippen molar-refractivity contribution in [1.29, 1.82) is 0 Å². The van der Waals surface area contributed by atoms with Crippen LogP contribution in [0.5, 0.6) is 0 Å². The summed E-state index contributed by atoms with van der Waals surface area (Å²) in [6.45, 7) is 0.859. The summed E-state index contributed by atoms with van der Waals surface area (Å²) in [6, 6.07) is 7.85. The molecule has 5 nitrogen and oxygen atoms in total. The summed E-state index contributed by atoms with van der Waals surface area (Å²) >= 11 is 11.7. The first-order valence-corrected chi connectivity index (χ1v) is 10.0. The highest BCUT2D eigenvalue weighted by molar-refractivity contribution is 7.89. The zero-order valence-electron chi connectivity index (χ0n) is 13.5. The molecule has 26 heavy (non-hydrogen) atoms. The molecule has 0 atom stereocenters. The monoisotopic (exact) mass is 416 g/mol. The van der Waals surface area contributed by atoms with Gasteiger partial charge in [-0.15, -0.1) is 0 Å². The van der Waals surface area contributed by atoms with Crippen LogP contribution in [0.25, 0.3) is 0 Å². The van der Waals surface area contributed by atoms with Crippen LogP contribution in [-0.4, -0.2) is 31.7 Å². The summed E-state index contributed by atoms with van der Waals surface area (Å²) in [5, 5.41) is 2.49. The highest BCUT2D eigenvalue weighted by Gasteiger charge is 2.29. The highest BCUT2D eigenvalue weighted by Crippen LogP contribution is 2.28. The Morgan fingerprint density at radius 1 is 1.04 bits per heavy atom. The minimum atomic E-state index is -3.77. The molecule has 2 aromatic rings. The Labute approximate surface area is 160 Å². The van der Waals surface area contributed by atoms with Crippen molar-refractivity contribution in [1.82, 2.24) is 4.31 Å². The quantitative estimate of drug-likeness (QED) is 0.812. The van der Waals surface area contributed by atoms with E-state index in [0.717, 1.165) is 18.9 Å². The van der Waals surface area contributed by atoms with Crippen molar-refractivity contribution in [2.45, 2.75) is 17.7 Å². The normalized spacial score (nSPS) is 15.2. The summed E-state index contributed by atoms with van der Waals surface area (Å²) in [5.74, 6) is -1.25. The molecule has 0 radical (unpaired) electrons. The van der Waals surface area contributed by atoms with Gasteiger partial charge < -0.3 is 5.32 Å². The van der Waals surface area contributed by atoms with Gasteiger partial charge in [-0.1, -0.05) is 23.2 Å². The van der Waals surface area contributed by atoms with Crippen LogP contribution in [-0.2, 0) is 10.0 Å². The number of carbonyl (C=O) groups excluding carboxylic acids is 1. The van der Waals surface area contributed by atoms with E-state index in [4.69, 9.17) is 23.2 Å². The van der Waals surface area contributed by atoms with Crippen LogP contribution >= 0.6 is 23.2 Å². The van der Waals surface area contributed by atoms with Gasteiger partial charge in [-0.25, -0.2) is 12.8 Å². The molecule has 1 aliphatic rings. The molecule has 0 saturated carbocycles. The third-order valence-electron chi connectivity index (χ3n) is 4.05. The zero-order chi connectivity index (χ0) is 18.9. The fourth-order valence-corrected chi connectivity index (χ4v) is 4.82. The summed E-state index contributed by atoms with van der Waals surface area (Å²) in [7, 11) is -3.77. The molecule has 9 heteroatoms. The summed E-state index contributed by atoms with van der Waals surface area (Å²) in [6.07, 6.45) is 1.58. The maximum atomic E-state index is 13.5. The summed E-state index contributed by atoms with van der Waals surface area (Å²) in [5.41, 5.74) is 0.304. The van der Waals surface area contributed by atoms with Gasteiger partial charge >= 0.3 is 0 Å². The topological polar surface area (TPSA) is 66.5 Å². The number of sulfonamides is 1. The van der Waals surface area contributed by atoms with E-state index < -0.39 is 21.7 Å². The lowest BCUT2D eigenvalue weighted by molar-refractivity contribution is 0.102. The van der Waals surface area contributed by atoms with Gasteiger partial charge in [0.15, 0.2) is 0 Å². The van der Waals surface area contributed by atoms with Gasteiger partial charge in [-0.2, -0.15) is 4.31 Å². The van der Waals surface area contributed by atoms with E-state index in [1.807, 2.05) is 0 Å². The van der Waals surface area contributed by atoms with Gasteiger partial charge in [0.2, 0.25) is 10.0 Å². The molecule has 1 aliphatic heterocycles. The van der Waals surface area contributed by atoms with Gasteiger partial charge in [-0.3, -0.25) is 4.79 Å².